The third kappa shape index (κ3) is 3.41. The molecule has 0 aliphatic carbocycles. The molecule has 3 saturated heterocycles. The second-order valence-corrected chi connectivity index (χ2v) is 8.35. The highest BCUT2D eigenvalue weighted by Crippen LogP contribution is 2.34. The SMILES string of the molecule is Cc1nnc2ccc(N3CC4CC(C3)N4CC(=O)Nc3cc(Cl)ccc3Cl)nn12. The molecule has 3 aromatic rings. The monoisotopic (exact) mass is 431 g/mol. The van der Waals surface area contributed by atoms with Crippen LogP contribution in [0.2, 0.25) is 10.0 Å². The minimum atomic E-state index is -0.0861. The predicted octanol–water partition coefficient (Wildman–Crippen LogP) is 2.64. The lowest BCUT2D eigenvalue weighted by molar-refractivity contribution is -0.121. The van der Waals surface area contributed by atoms with Gasteiger partial charge in [-0.15, -0.1) is 15.3 Å². The van der Waals surface area contributed by atoms with Crippen LogP contribution in [-0.4, -0.2) is 62.3 Å². The van der Waals surface area contributed by atoms with Gasteiger partial charge in [-0.1, -0.05) is 23.2 Å². The maximum Gasteiger partial charge on any atom is 0.238 e. The van der Waals surface area contributed by atoms with Crippen molar-refractivity contribution in [3.63, 3.8) is 0 Å². The molecule has 3 aliphatic rings. The highest BCUT2D eigenvalue weighted by Gasteiger charge is 2.45. The van der Waals surface area contributed by atoms with Crippen LogP contribution in [0, 0.1) is 6.92 Å². The third-order valence-electron chi connectivity index (χ3n) is 5.60. The van der Waals surface area contributed by atoms with E-state index >= 15 is 0 Å². The van der Waals surface area contributed by atoms with E-state index in [-0.39, 0.29) is 5.91 Å². The number of hydrogen-bond donors (Lipinski definition) is 1. The number of hydrogen-bond acceptors (Lipinski definition) is 6. The van der Waals surface area contributed by atoms with E-state index < -0.39 is 0 Å². The van der Waals surface area contributed by atoms with Crippen molar-refractivity contribution in [2.24, 2.45) is 0 Å². The molecule has 1 amide bonds. The van der Waals surface area contributed by atoms with Crippen LogP contribution < -0.4 is 10.2 Å². The summed E-state index contributed by atoms with van der Waals surface area (Å²) in [6.45, 7) is 3.89. The first-order valence-electron chi connectivity index (χ1n) is 9.42. The number of benzene rings is 1. The molecule has 3 aliphatic heterocycles. The largest absolute Gasteiger partial charge is 0.352 e. The molecule has 29 heavy (non-hydrogen) atoms. The van der Waals surface area contributed by atoms with Crippen molar-refractivity contribution in [1.82, 2.24) is 24.7 Å². The van der Waals surface area contributed by atoms with Crippen LogP contribution in [-0.2, 0) is 4.79 Å². The Kier molecular flexibility index (Phi) is 4.57. The fraction of sp³-hybridized carbons (Fsp3) is 0.368. The molecule has 3 fully saturated rings. The molecule has 0 spiro atoms. The smallest absolute Gasteiger partial charge is 0.238 e. The van der Waals surface area contributed by atoms with E-state index in [0.29, 0.717) is 34.4 Å². The van der Waals surface area contributed by atoms with E-state index in [1.54, 1.807) is 22.7 Å². The number of piperazine rings is 1. The average Bonchev–Trinajstić information content (AvgIpc) is 3.09. The number of carbonyl (C=O) groups is 1. The number of fused-ring (bicyclic) bond motifs is 3. The molecule has 6 rings (SSSR count). The molecular weight excluding hydrogens is 413 g/mol. The van der Waals surface area contributed by atoms with Crippen molar-refractivity contribution in [2.75, 3.05) is 29.9 Å². The summed E-state index contributed by atoms with van der Waals surface area (Å²) in [5, 5.41) is 16.7. The molecule has 2 aromatic heterocycles. The van der Waals surface area contributed by atoms with Gasteiger partial charge in [0.05, 0.1) is 17.3 Å². The van der Waals surface area contributed by atoms with Crippen molar-refractivity contribution >= 4 is 46.3 Å². The van der Waals surface area contributed by atoms with E-state index in [4.69, 9.17) is 23.2 Å². The number of carbonyl (C=O) groups excluding carboxylic acids is 1. The molecule has 1 aromatic carbocycles. The van der Waals surface area contributed by atoms with E-state index in [2.05, 4.69) is 30.4 Å². The van der Waals surface area contributed by atoms with Gasteiger partial charge in [0.1, 0.15) is 5.82 Å². The Bertz CT molecular complexity index is 1090. The second-order valence-electron chi connectivity index (χ2n) is 7.50. The summed E-state index contributed by atoms with van der Waals surface area (Å²) in [6.07, 6.45) is 1.09. The van der Waals surface area contributed by atoms with Crippen molar-refractivity contribution in [2.45, 2.75) is 25.4 Å². The molecule has 2 atom stereocenters. The van der Waals surface area contributed by atoms with Crippen LogP contribution in [0.1, 0.15) is 12.2 Å². The van der Waals surface area contributed by atoms with Gasteiger partial charge in [0.2, 0.25) is 5.91 Å². The number of aryl methyl sites for hydroxylation is 1. The Balaban J connectivity index is 1.23. The molecule has 2 bridgehead atoms. The fourth-order valence-electron chi connectivity index (χ4n) is 4.14. The molecular formula is C19H19Cl2N7O. The third-order valence-corrected chi connectivity index (χ3v) is 6.17. The minimum absolute atomic E-state index is 0.0861. The van der Waals surface area contributed by atoms with Gasteiger partial charge in [-0.25, -0.2) is 0 Å². The lowest BCUT2D eigenvalue weighted by Crippen LogP contribution is -2.69. The van der Waals surface area contributed by atoms with Crippen LogP contribution in [0.15, 0.2) is 30.3 Å². The quantitative estimate of drug-likeness (QED) is 0.683. The summed E-state index contributed by atoms with van der Waals surface area (Å²) in [5.74, 6) is 1.59. The Morgan fingerprint density at radius 2 is 1.97 bits per heavy atom. The van der Waals surface area contributed by atoms with Gasteiger partial charge in [0, 0.05) is 30.2 Å². The highest BCUT2D eigenvalue weighted by atomic mass is 35.5. The number of nitrogens with one attached hydrogen (secondary N) is 1. The van der Waals surface area contributed by atoms with Gasteiger partial charge in [-0.3, -0.25) is 9.69 Å². The molecule has 10 heteroatoms. The minimum Gasteiger partial charge on any atom is -0.352 e. The van der Waals surface area contributed by atoms with Gasteiger partial charge >= 0.3 is 0 Å². The van der Waals surface area contributed by atoms with Gasteiger partial charge in [0.15, 0.2) is 11.5 Å². The van der Waals surface area contributed by atoms with Crippen LogP contribution in [0.25, 0.3) is 5.65 Å². The topological polar surface area (TPSA) is 78.7 Å². The number of amides is 1. The summed E-state index contributed by atoms with van der Waals surface area (Å²) >= 11 is 12.1. The second kappa shape index (κ2) is 7.12. The number of anilines is 2. The first-order valence-corrected chi connectivity index (χ1v) is 10.2. The van der Waals surface area contributed by atoms with Crippen LogP contribution in [0.4, 0.5) is 11.5 Å². The van der Waals surface area contributed by atoms with E-state index in [1.807, 2.05) is 19.1 Å². The Morgan fingerprint density at radius 3 is 2.76 bits per heavy atom. The number of piperidine rings is 1. The van der Waals surface area contributed by atoms with Crippen LogP contribution >= 0.6 is 23.2 Å². The zero-order valence-electron chi connectivity index (χ0n) is 15.7. The molecule has 1 N–H and O–H groups in total. The number of aromatic nitrogens is 4. The number of nitrogens with zero attached hydrogens (tertiary/aromatic N) is 6. The Labute approximate surface area is 177 Å². The van der Waals surface area contributed by atoms with Crippen molar-refractivity contribution < 1.29 is 4.79 Å². The first kappa shape index (κ1) is 18.6. The number of rotatable bonds is 4. The summed E-state index contributed by atoms with van der Waals surface area (Å²) in [6, 6.07) is 9.60. The first-order chi connectivity index (χ1) is 14.0. The summed E-state index contributed by atoms with van der Waals surface area (Å²) in [5.41, 5.74) is 1.28. The Hall–Kier alpha value is -2.42. The van der Waals surface area contributed by atoms with E-state index in [0.717, 1.165) is 36.8 Å². The normalized spacial score (nSPS) is 21.3. The lowest BCUT2D eigenvalue weighted by atomic mass is 9.87. The standard InChI is InChI=1S/C19H19Cl2N7O/c1-11-23-24-17-4-5-18(25-28(11)17)26-8-13-7-14(9-26)27(13)10-19(29)22-16-6-12(20)2-3-15(16)21/h2-6,13-14H,7-10H2,1H3,(H,22,29). The van der Waals surface area contributed by atoms with Gasteiger partial charge in [0.25, 0.3) is 0 Å². The predicted molar refractivity (Wildman–Crippen MR) is 112 cm³/mol. The van der Waals surface area contributed by atoms with Crippen molar-refractivity contribution in [1.29, 1.82) is 0 Å². The van der Waals surface area contributed by atoms with Crippen molar-refractivity contribution in [3.8, 4) is 0 Å². The van der Waals surface area contributed by atoms with Gasteiger partial charge in [-0.05, 0) is 43.7 Å². The number of halogens is 2. The summed E-state index contributed by atoms with van der Waals surface area (Å²) in [4.78, 5) is 17.0. The fourth-order valence-corrected chi connectivity index (χ4v) is 4.47. The molecule has 0 radical (unpaired) electrons. The lowest BCUT2D eigenvalue weighted by Gasteiger charge is -2.56. The van der Waals surface area contributed by atoms with E-state index in [1.165, 1.54) is 0 Å². The highest BCUT2D eigenvalue weighted by molar-refractivity contribution is 6.35. The zero-order chi connectivity index (χ0) is 20.1. The van der Waals surface area contributed by atoms with Crippen molar-refractivity contribution in [3.05, 3.63) is 46.2 Å². The summed E-state index contributed by atoms with van der Waals surface area (Å²) < 4.78 is 1.76. The Morgan fingerprint density at radius 1 is 1.17 bits per heavy atom. The molecule has 8 nitrogen and oxygen atoms in total. The molecule has 5 heterocycles. The average molecular weight is 432 g/mol. The maximum atomic E-state index is 12.5. The zero-order valence-corrected chi connectivity index (χ0v) is 17.2. The van der Waals surface area contributed by atoms with Crippen LogP contribution in [0.3, 0.4) is 0 Å². The van der Waals surface area contributed by atoms with E-state index in [9.17, 15) is 4.79 Å². The molecule has 150 valence electrons. The van der Waals surface area contributed by atoms with Gasteiger partial charge < -0.3 is 10.2 Å². The van der Waals surface area contributed by atoms with Crippen LogP contribution in [0.5, 0.6) is 0 Å². The maximum absolute atomic E-state index is 12.5. The molecule has 0 saturated carbocycles. The summed E-state index contributed by atoms with van der Waals surface area (Å²) in [7, 11) is 0. The van der Waals surface area contributed by atoms with Gasteiger partial charge in [-0.2, -0.15) is 4.52 Å². The molecule has 2 unspecified atom stereocenters.